The molecule has 1 heterocycles. The Labute approximate surface area is 160 Å². The molecule has 0 spiro atoms. The number of rotatable bonds is 4. The van der Waals surface area contributed by atoms with Gasteiger partial charge in [0.1, 0.15) is 0 Å². The van der Waals surface area contributed by atoms with E-state index in [1.54, 1.807) is 6.92 Å². The molecule has 0 saturated heterocycles. The number of aliphatic hydroxyl groups is 1. The van der Waals surface area contributed by atoms with E-state index >= 15 is 0 Å². The largest absolute Gasteiger partial charge is 0.478 e. The molecule has 2 aliphatic carbocycles. The normalized spacial score (nSPS) is 29.4. The second kappa shape index (κ2) is 8.30. The highest BCUT2D eigenvalue weighted by atomic mass is 16.7. The molecule has 0 fully saturated rings. The zero-order valence-corrected chi connectivity index (χ0v) is 16.7. The van der Waals surface area contributed by atoms with Crippen molar-refractivity contribution in [1.29, 1.82) is 0 Å². The van der Waals surface area contributed by atoms with E-state index in [-0.39, 0.29) is 16.9 Å². The number of aliphatic hydroxyl groups excluding tert-OH is 1. The van der Waals surface area contributed by atoms with Gasteiger partial charge < -0.3 is 19.7 Å². The molecule has 6 heteroatoms. The molecule has 6 nitrogen and oxygen atoms in total. The van der Waals surface area contributed by atoms with Crippen LogP contribution in [0.5, 0.6) is 0 Å². The van der Waals surface area contributed by atoms with Gasteiger partial charge in [0.2, 0.25) is 0 Å². The van der Waals surface area contributed by atoms with Crippen LogP contribution < -0.4 is 0 Å². The number of carboxylic acids is 1. The molecule has 3 atom stereocenters. The van der Waals surface area contributed by atoms with Gasteiger partial charge in [0, 0.05) is 17.6 Å². The van der Waals surface area contributed by atoms with E-state index in [2.05, 4.69) is 13.8 Å². The van der Waals surface area contributed by atoms with E-state index in [0.29, 0.717) is 24.8 Å². The molecule has 1 aliphatic heterocycles. The Morgan fingerprint density at radius 1 is 1.33 bits per heavy atom. The van der Waals surface area contributed by atoms with Crippen LogP contribution >= 0.6 is 0 Å². The number of ether oxygens (including phenoxy) is 2. The molecule has 3 aliphatic rings. The van der Waals surface area contributed by atoms with Crippen molar-refractivity contribution in [3.63, 3.8) is 0 Å². The Morgan fingerprint density at radius 2 is 2.00 bits per heavy atom. The first-order chi connectivity index (χ1) is 12.7. The molecule has 2 N–H and O–H groups in total. The van der Waals surface area contributed by atoms with Crippen LogP contribution in [0.15, 0.2) is 34.6 Å². The number of aliphatic carboxylic acids is 1. The Kier molecular flexibility index (Phi) is 6.52. The minimum Gasteiger partial charge on any atom is -0.478 e. The fourth-order valence-corrected chi connectivity index (χ4v) is 3.96. The summed E-state index contributed by atoms with van der Waals surface area (Å²) in [6, 6.07) is 0. The Morgan fingerprint density at radius 3 is 2.52 bits per heavy atom. The summed E-state index contributed by atoms with van der Waals surface area (Å²) in [7, 11) is 0. The summed E-state index contributed by atoms with van der Waals surface area (Å²) >= 11 is 0. The fraction of sp³-hybridized carbons (Fsp3) is 0.619. The maximum absolute atomic E-state index is 11.7. The molecule has 0 radical (unpaired) electrons. The van der Waals surface area contributed by atoms with E-state index in [1.165, 1.54) is 17.9 Å². The molecule has 0 aromatic heterocycles. The van der Waals surface area contributed by atoms with Crippen molar-refractivity contribution in [3.8, 4) is 0 Å². The van der Waals surface area contributed by atoms with Crippen LogP contribution in [-0.2, 0) is 19.1 Å². The van der Waals surface area contributed by atoms with Gasteiger partial charge in [0.05, 0.1) is 17.9 Å². The number of carbonyl (C=O) groups is 2. The summed E-state index contributed by atoms with van der Waals surface area (Å²) in [6.07, 6.45) is 4.09. The minimum atomic E-state index is -1.05. The summed E-state index contributed by atoms with van der Waals surface area (Å²) in [6.45, 7) is 9.90. The molecule has 0 saturated carbocycles. The second-order valence-corrected chi connectivity index (χ2v) is 7.69. The third-order valence-electron chi connectivity index (χ3n) is 5.51. The summed E-state index contributed by atoms with van der Waals surface area (Å²) in [5, 5.41) is 19.9. The maximum Gasteiger partial charge on any atom is 0.336 e. The van der Waals surface area contributed by atoms with Gasteiger partial charge in [-0.3, -0.25) is 0 Å². The smallest absolute Gasteiger partial charge is 0.336 e. The number of hydrogen-bond donors (Lipinski definition) is 2. The Bertz CT molecular complexity index is 697. The molecule has 27 heavy (non-hydrogen) atoms. The van der Waals surface area contributed by atoms with Crippen LogP contribution in [0.4, 0.5) is 0 Å². The number of hydrogen-bond acceptors (Lipinski definition) is 5. The molecule has 150 valence electrons. The van der Waals surface area contributed by atoms with Gasteiger partial charge >= 0.3 is 11.9 Å². The molecule has 3 unspecified atom stereocenters. The van der Waals surface area contributed by atoms with Crippen LogP contribution in [0.1, 0.15) is 60.3 Å². The van der Waals surface area contributed by atoms with Crippen molar-refractivity contribution in [2.24, 2.45) is 11.3 Å². The van der Waals surface area contributed by atoms with Crippen LogP contribution in [0.2, 0.25) is 0 Å². The maximum atomic E-state index is 11.7. The second-order valence-electron chi connectivity index (χ2n) is 7.69. The van der Waals surface area contributed by atoms with Crippen molar-refractivity contribution in [2.45, 2.75) is 72.7 Å². The summed E-state index contributed by atoms with van der Waals surface area (Å²) in [4.78, 5) is 23.1. The van der Waals surface area contributed by atoms with Crippen LogP contribution in [0.25, 0.3) is 0 Å². The van der Waals surface area contributed by atoms with Crippen LogP contribution in [0.3, 0.4) is 0 Å². The Hall–Kier alpha value is -2.08. The highest BCUT2D eigenvalue weighted by molar-refractivity contribution is 5.90. The van der Waals surface area contributed by atoms with E-state index in [1.807, 2.05) is 13.8 Å². The van der Waals surface area contributed by atoms with Crippen molar-refractivity contribution >= 4 is 11.9 Å². The molecule has 0 aromatic carbocycles. The van der Waals surface area contributed by atoms with Gasteiger partial charge in [-0.15, -0.1) is 0 Å². The summed E-state index contributed by atoms with van der Waals surface area (Å²) in [5.74, 6) is -1.75. The summed E-state index contributed by atoms with van der Waals surface area (Å²) < 4.78 is 10.3. The zero-order valence-electron chi connectivity index (χ0n) is 16.7. The lowest BCUT2D eigenvalue weighted by molar-refractivity contribution is -0.152. The number of allylic oxidation sites excluding steroid dienone is 1. The molecule has 0 amide bonds. The lowest BCUT2D eigenvalue weighted by Gasteiger charge is -2.34. The molecule has 0 bridgehead atoms. The topological polar surface area (TPSA) is 93.1 Å². The first kappa shape index (κ1) is 21.2. The van der Waals surface area contributed by atoms with Gasteiger partial charge in [0.25, 0.3) is 6.29 Å². The van der Waals surface area contributed by atoms with E-state index in [4.69, 9.17) is 9.47 Å². The monoisotopic (exact) mass is 378 g/mol. The van der Waals surface area contributed by atoms with E-state index in [9.17, 15) is 19.8 Å². The number of carbonyl (C=O) groups excluding carboxylic acids is 1. The van der Waals surface area contributed by atoms with Gasteiger partial charge in [-0.25, -0.2) is 9.59 Å². The first-order valence-electron chi connectivity index (χ1n) is 9.57. The predicted octanol–water partition coefficient (Wildman–Crippen LogP) is 3.71. The summed E-state index contributed by atoms with van der Waals surface area (Å²) in [5.41, 5.74) is 2.72. The minimum absolute atomic E-state index is 0.0192. The standard InChI is InChI=1S/C19H24O6.C2H6/c1-10-6-16(25-18(10)23)24-9-13(17(21)22)11-7-12-14(8-11)19(2,3)5-4-15(12)20;1-2/h6,9,11,15-16,20H,4-5,7-8H2,1-3H3,(H,21,22);1-2H3/b13-9+;. The SMILES string of the molecule is CC.CC1=CC(O/C=C(/C(=O)O)C2CC3=C(C2)C(C)(C)CCC3O)OC1=O. The Balaban J connectivity index is 0.00000126. The highest BCUT2D eigenvalue weighted by Gasteiger charge is 2.42. The number of carboxylic acid groups (broad SMARTS) is 1. The fourth-order valence-electron chi connectivity index (χ4n) is 3.96. The molecule has 0 aromatic rings. The van der Waals surface area contributed by atoms with Gasteiger partial charge in [-0.1, -0.05) is 33.3 Å². The van der Waals surface area contributed by atoms with Gasteiger partial charge in [0.15, 0.2) is 0 Å². The van der Waals surface area contributed by atoms with E-state index in [0.717, 1.165) is 12.0 Å². The lowest BCUT2D eigenvalue weighted by atomic mass is 9.72. The van der Waals surface area contributed by atoms with E-state index < -0.39 is 24.3 Å². The van der Waals surface area contributed by atoms with Crippen molar-refractivity contribution in [3.05, 3.63) is 34.6 Å². The molecule has 3 rings (SSSR count). The number of cyclic esters (lactones) is 1. The van der Waals surface area contributed by atoms with Crippen LogP contribution in [0, 0.1) is 11.3 Å². The first-order valence-corrected chi connectivity index (χ1v) is 9.57. The van der Waals surface area contributed by atoms with Gasteiger partial charge in [-0.2, -0.15) is 0 Å². The molecular formula is C21H30O6. The van der Waals surface area contributed by atoms with Gasteiger partial charge in [-0.05, 0) is 43.6 Å². The average Bonchev–Trinajstić information content (AvgIpc) is 3.19. The van der Waals surface area contributed by atoms with Crippen LogP contribution in [-0.4, -0.2) is 34.5 Å². The third kappa shape index (κ3) is 4.43. The van der Waals surface area contributed by atoms with Crippen molar-refractivity contribution < 1.29 is 29.3 Å². The van der Waals surface area contributed by atoms with Crippen molar-refractivity contribution in [2.75, 3.05) is 0 Å². The quantitative estimate of drug-likeness (QED) is 0.335. The lowest BCUT2D eigenvalue weighted by Crippen LogP contribution is -2.26. The predicted molar refractivity (Wildman–Crippen MR) is 101 cm³/mol. The zero-order chi connectivity index (χ0) is 20.4. The average molecular weight is 378 g/mol. The van der Waals surface area contributed by atoms with Crippen molar-refractivity contribution in [1.82, 2.24) is 0 Å². The number of esters is 1. The molecular weight excluding hydrogens is 348 g/mol. The highest BCUT2D eigenvalue weighted by Crippen LogP contribution is 2.51. The third-order valence-corrected chi connectivity index (χ3v) is 5.51.